The molecule has 3 aromatic rings. The average Bonchev–Trinajstić information content (AvgIpc) is 2.79. The molecule has 2 unspecified atom stereocenters. The van der Waals surface area contributed by atoms with E-state index >= 15 is 0 Å². The van der Waals surface area contributed by atoms with Gasteiger partial charge in [0.05, 0.1) is 18.1 Å². The van der Waals surface area contributed by atoms with Crippen LogP contribution < -0.4 is 14.8 Å². The summed E-state index contributed by atoms with van der Waals surface area (Å²) < 4.78 is 11.4. The summed E-state index contributed by atoms with van der Waals surface area (Å²) in [5.41, 5.74) is 4.37. The van der Waals surface area contributed by atoms with Crippen molar-refractivity contribution >= 4 is 16.7 Å². The number of phenols is 1. The van der Waals surface area contributed by atoms with Gasteiger partial charge in [0, 0.05) is 28.6 Å². The summed E-state index contributed by atoms with van der Waals surface area (Å²) in [6.07, 6.45) is 0.885. The molecule has 0 aromatic heterocycles. The van der Waals surface area contributed by atoms with E-state index in [2.05, 4.69) is 25.2 Å². The Hall–Kier alpha value is -3.05. The minimum absolute atomic E-state index is 0.0739. The number of carbonyl (C=O) groups excluding carboxylic acids is 1. The molecule has 2 aliphatic heterocycles. The van der Waals surface area contributed by atoms with E-state index in [0.29, 0.717) is 33.9 Å². The highest BCUT2D eigenvalue weighted by atomic mass is 16.5. The van der Waals surface area contributed by atoms with Gasteiger partial charge in [0.1, 0.15) is 17.2 Å². The summed E-state index contributed by atoms with van der Waals surface area (Å²) in [6, 6.07) is 11.5. The van der Waals surface area contributed by atoms with E-state index in [1.54, 1.807) is 25.3 Å². The van der Waals surface area contributed by atoms with Crippen LogP contribution >= 0.6 is 0 Å². The molecule has 28 heavy (non-hydrogen) atoms. The van der Waals surface area contributed by atoms with Gasteiger partial charge in [0.2, 0.25) is 0 Å². The topological polar surface area (TPSA) is 67.8 Å². The maximum Gasteiger partial charge on any atom is 0.344 e. The Labute approximate surface area is 162 Å². The Morgan fingerprint density at radius 2 is 1.79 bits per heavy atom. The number of methoxy groups -OCH3 is 1. The number of benzene rings is 3. The molecule has 0 spiro atoms. The molecule has 0 amide bonds. The predicted molar refractivity (Wildman–Crippen MR) is 107 cm³/mol. The van der Waals surface area contributed by atoms with Gasteiger partial charge in [-0.2, -0.15) is 0 Å². The highest BCUT2D eigenvalue weighted by molar-refractivity contribution is 6.16. The number of carbonyl (C=O) groups is 1. The molecule has 0 aliphatic carbocycles. The number of rotatable bonds is 1. The lowest BCUT2D eigenvalue weighted by Gasteiger charge is -2.31. The van der Waals surface area contributed by atoms with Crippen LogP contribution in [-0.4, -0.2) is 24.2 Å². The molecule has 3 aromatic carbocycles. The molecule has 2 heterocycles. The fourth-order valence-corrected chi connectivity index (χ4v) is 4.67. The van der Waals surface area contributed by atoms with E-state index in [1.165, 1.54) is 5.56 Å². The summed E-state index contributed by atoms with van der Waals surface area (Å²) in [5, 5.41) is 15.2. The molecule has 5 rings (SSSR count). The summed E-state index contributed by atoms with van der Waals surface area (Å²) in [7, 11) is 1.55. The summed E-state index contributed by atoms with van der Waals surface area (Å²) in [5.74, 6) is 0.792. The van der Waals surface area contributed by atoms with E-state index < -0.39 is 5.97 Å². The van der Waals surface area contributed by atoms with Crippen LogP contribution in [-0.2, 0) is 6.42 Å². The maximum absolute atomic E-state index is 13.1. The third-order valence-corrected chi connectivity index (χ3v) is 5.81. The normalized spacial score (nSPS) is 20.2. The van der Waals surface area contributed by atoms with Crippen LogP contribution in [0.15, 0.2) is 36.4 Å². The first-order valence-corrected chi connectivity index (χ1v) is 9.46. The lowest BCUT2D eigenvalue weighted by Crippen LogP contribution is -2.36. The van der Waals surface area contributed by atoms with Gasteiger partial charge < -0.3 is 19.9 Å². The number of fused-ring (bicyclic) bond motifs is 4. The largest absolute Gasteiger partial charge is 0.507 e. The molecular weight excluding hydrogens is 354 g/mol. The molecule has 0 fully saturated rings. The van der Waals surface area contributed by atoms with E-state index in [4.69, 9.17) is 9.47 Å². The van der Waals surface area contributed by atoms with Crippen LogP contribution in [0.25, 0.3) is 21.9 Å². The second-order valence-corrected chi connectivity index (χ2v) is 7.60. The summed E-state index contributed by atoms with van der Waals surface area (Å²) in [6.45, 7) is 4.25. The quantitative estimate of drug-likeness (QED) is 0.489. The molecule has 2 aliphatic rings. The Kier molecular flexibility index (Phi) is 3.64. The van der Waals surface area contributed by atoms with Gasteiger partial charge in [0.25, 0.3) is 0 Å². The van der Waals surface area contributed by atoms with E-state index in [-0.39, 0.29) is 11.8 Å². The van der Waals surface area contributed by atoms with Crippen molar-refractivity contribution in [2.75, 3.05) is 7.11 Å². The first-order chi connectivity index (χ1) is 13.5. The van der Waals surface area contributed by atoms with Crippen molar-refractivity contribution in [3.63, 3.8) is 0 Å². The van der Waals surface area contributed by atoms with E-state index in [0.717, 1.165) is 23.1 Å². The van der Waals surface area contributed by atoms with Crippen LogP contribution in [0.3, 0.4) is 0 Å². The van der Waals surface area contributed by atoms with Gasteiger partial charge in [-0.15, -0.1) is 0 Å². The number of phenolic OH excluding ortho intramolecular Hbond substituents is 1. The smallest absolute Gasteiger partial charge is 0.344 e. The van der Waals surface area contributed by atoms with Crippen molar-refractivity contribution in [3.8, 4) is 28.4 Å². The van der Waals surface area contributed by atoms with Gasteiger partial charge in [0.15, 0.2) is 0 Å². The molecule has 2 N–H and O–H groups in total. The van der Waals surface area contributed by atoms with Crippen molar-refractivity contribution in [2.45, 2.75) is 32.4 Å². The zero-order valence-corrected chi connectivity index (χ0v) is 16.0. The van der Waals surface area contributed by atoms with Gasteiger partial charge in [-0.3, -0.25) is 0 Å². The van der Waals surface area contributed by atoms with Crippen molar-refractivity contribution in [1.29, 1.82) is 0 Å². The number of aromatic hydroxyl groups is 1. The van der Waals surface area contributed by atoms with E-state index in [1.807, 2.05) is 12.1 Å². The fourth-order valence-electron chi connectivity index (χ4n) is 4.67. The van der Waals surface area contributed by atoms with Gasteiger partial charge in [-0.05, 0) is 55.7 Å². The lowest BCUT2D eigenvalue weighted by atomic mass is 9.86. The molecule has 2 atom stereocenters. The first kappa shape index (κ1) is 17.1. The van der Waals surface area contributed by atoms with Crippen LogP contribution in [0.4, 0.5) is 0 Å². The number of esters is 1. The van der Waals surface area contributed by atoms with Crippen LogP contribution in [0.2, 0.25) is 0 Å². The molecule has 0 radical (unpaired) electrons. The Balaban J connectivity index is 1.89. The monoisotopic (exact) mass is 375 g/mol. The minimum atomic E-state index is -0.419. The molecule has 0 saturated carbocycles. The average molecular weight is 375 g/mol. The Morgan fingerprint density at radius 3 is 2.57 bits per heavy atom. The molecule has 0 bridgehead atoms. The second-order valence-electron chi connectivity index (χ2n) is 7.60. The SMILES string of the molecule is COc1ccc2c3c(ccc(O)c13)-c1ccc3c(c1OC2=O)C(C)NC(C)C3. The van der Waals surface area contributed by atoms with Gasteiger partial charge >= 0.3 is 5.97 Å². The van der Waals surface area contributed by atoms with E-state index in [9.17, 15) is 9.90 Å². The number of ether oxygens (including phenoxy) is 2. The predicted octanol–water partition coefficient (Wildman–Crippen LogP) is 4.35. The third-order valence-electron chi connectivity index (χ3n) is 5.81. The molecular formula is C23H21NO4. The molecule has 0 saturated heterocycles. The Morgan fingerprint density at radius 1 is 1.04 bits per heavy atom. The van der Waals surface area contributed by atoms with Crippen molar-refractivity contribution in [1.82, 2.24) is 5.32 Å². The fraction of sp³-hybridized carbons (Fsp3) is 0.261. The molecule has 5 heteroatoms. The number of hydrogen-bond acceptors (Lipinski definition) is 5. The third kappa shape index (κ3) is 2.26. The van der Waals surface area contributed by atoms with Gasteiger partial charge in [-0.25, -0.2) is 4.79 Å². The zero-order chi connectivity index (χ0) is 19.6. The molecule has 5 nitrogen and oxygen atoms in total. The molecule has 142 valence electrons. The van der Waals surface area contributed by atoms with Crippen LogP contribution in [0, 0.1) is 0 Å². The highest BCUT2D eigenvalue weighted by Crippen LogP contribution is 2.48. The summed E-state index contributed by atoms with van der Waals surface area (Å²) >= 11 is 0. The zero-order valence-electron chi connectivity index (χ0n) is 16.0. The van der Waals surface area contributed by atoms with Crippen molar-refractivity contribution in [2.24, 2.45) is 0 Å². The minimum Gasteiger partial charge on any atom is -0.507 e. The van der Waals surface area contributed by atoms with Crippen LogP contribution in [0.5, 0.6) is 17.2 Å². The summed E-state index contributed by atoms with van der Waals surface area (Å²) in [4.78, 5) is 13.1. The lowest BCUT2D eigenvalue weighted by molar-refractivity contribution is 0.0736. The Bertz CT molecular complexity index is 1150. The standard InChI is InChI=1S/C23H21NO4/c1-11-10-13-4-5-15-14-6-8-17(25)21-18(27-3)9-7-16(20(14)21)23(26)28-22(15)19(13)12(2)24-11/h4-9,11-12,24-25H,10H2,1-3H3. The van der Waals surface area contributed by atoms with Crippen molar-refractivity contribution in [3.05, 3.63) is 53.1 Å². The second kappa shape index (κ2) is 5.97. The first-order valence-electron chi connectivity index (χ1n) is 9.46. The maximum atomic E-state index is 13.1. The highest BCUT2D eigenvalue weighted by Gasteiger charge is 2.32. The number of nitrogens with one attached hydrogen (secondary N) is 1. The van der Waals surface area contributed by atoms with Crippen molar-refractivity contribution < 1.29 is 19.4 Å². The van der Waals surface area contributed by atoms with Crippen LogP contribution in [0.1, 0.15) is 41.4 Å². The van der Waals surface area contributed by atoms with Gasteiger partial charge in [-0.1, -0.05) is 12.1 Å². The number of hydrogen-bond donors (Lipinski definition) is 2.